The monoisotopic (exact) mass is 516 g/mol. The zero-order valence-corrected chi connectivity index (χ0v) is 20.6. The van der Waals surface area contributed by atoms with Crippen LogP contribution >= 0.6 is 24.0 Å². The van der Waals surface area contributed by atoms with Crippen LogP contribution in [0.4, 0.5) is 0 Å². The Morgan fingerprint density at radius 2 is 2.07 bits per heavy atom. The normalized spacial score (nSPS) is 22.1. The third kappa shape index (κ3) is 6.91. The number of methoxy groups -OCH3 is 1. The van der Waals surface area contributed by atoms with E-state index < -0.39 is 0 Å². The average Bonchev–Trinajstić information content (AvgIpc) is 3.47. The van der Waals surface area contributed by atoms with Crippen LogP contribution in [0.25, 0.3) is 0 Å². The molecule has 1 aliphatic carbocycles. The lowest BCUT2D eigenvalue weighted by atomic mass is 10.1. The molecule has 3 rings (SSSR count). The molecule has 0 aromatic heterocycles. The molecule has 2 N–H and O–H groups in total. The molecule has 2 unspecified atom stereocenters. The first-order valence-corrected chi connectivity index (χ1v) is 10.7. The number of ether oxygens (including phenoxy) is 2. The first-order chi connectivity index (χ1) is 13.6. The molecule has 1 heterocycles. The van der Waals surface area contributed by atoms with E-state index in [0.29, 0.717) is 18.7 Å². The van der Waals surface area contributed by atoms with E-state index in [-0.39, 0.29) is 24.0 Å². The van der Waals surface area contributed by atoms with Crippen molar-refractivity contribution in [3.63, 3.8) is 0 Å². The van der Waals surface area contributed by atoms with Crippen molar-refractivity contribution >= 4 is 29.9 Å². The van der Waals surface area contributed by atoms with Gasteiger partial charge in [0.15, 0.2) is 17.5 Å². The van der Waals surface area contributed by atoms with Gasteiger partial charge in [-0.05, 0) is 63.6 Å². The highest BCUT2D eigenvalue weighted by Crippen LogP contribution is 2.33. The molecule has 1 aromatic rings. The van der Waals surface area contributed by atoms with E-state index in [9.17, 15) is 0 Å². The maximum absolute atomic E-state index is 5.67. The molecule has 1 saturated heterocycles. The smallest absolute Gasteiger partial charge is 0.191 e. The van der Waals surface area contributed by atoms with Gasteiger partial charge in [-0.3, -0.25) is 9.89 Å². The van der Waals surface area contributed by atoms with Crippen molar-refractivity contribution in [1.29, 1.82) is 0 Å². The van der Waals surface area contributed by atoms with E-state index in [0.717, 1.165) is 49.4 Å². The fourth-order valence-corrected chi connectivity index (χ4v) is 4.11. The van der Waals surface area contributed by atoms with Gasteiger partial charge in [0, 0.05) is 38.3 Å². The molecular formula is C22H37IN4O2. The molecule has 1 aromatic carbocycles. The number of aryl methyl sites for hydroxylation is 1. The molecule has 1 saturated carbocycles. The van der Waals surface area contributed by atoms with E-state index in [4.69, 9.17) is 9.47 Å². The van der Waals surface area contributed by atoms with E-state index in [2.05, 4.69) is 39.6 Å². The predicted molar refractivity (Wildman–Crippen MR) is 130 cm³/mol. The maximum atomic E-state index is 5.67. The van der Waals surface area contributed by atoms with E-state index >= 15 is 0 Å². The van der Waals surface area contributed by atoms with Crippen LogP contribution in [-0.2, 0) is 6.42 Å². The first kappa shape index (κ1) is 24.1. The lowest BCUT2D eigenvalue weighted by Crippen LogP contribution is -2.45. The van der Waals surface area contributed by atoms with Crippen LogP contribution < -0.4 is 20.1 Å². The summed E-state index contributed by atoms with van der Waals surface area (Å²) < 4.78 is 11.0. The lowest BCUT2D eigenvalue weighted by Gasteiger charge is -2.20. The number of hydrogen-bond acceptors (Lipinski definition) is 4. The van der Waals surface area contributed by atoms with Gasteiger partial charge in [0.05, 0.1) is 13.7 Å². The summed E-state index contributed by atoms with van der Waals surface area (Å²) in [6.07, 6.45) is 5.97. The molecule has 6 nitrogen and oxygen atoms in total. The Kier molecular flexibility index (Phi) is 9.82. The minimum atomic E-state index is 0. The fraction of sp³-hybridized carbons (Fsp3) is 0.682. The zero-order valence-electron chi connectivity index (χ0n) is 18.2. The van der Waals surface area contributed by atoms with Crippen molar-refractivity contribution in [2.24, 2.45) is 4.99 Å². The van der Waals surface area contributed by atoms with Gasteiger partial charge in [-0.1, -0.05) is 6.07 Å². The highest BCUT2D eigenvalue weighted by molar-refractivity contribution is 14.0. The van der Waals surface area contributed by atoms with Crippen molar-refractivity contribution < 1.29 is 9.47 Å². The lowest BCUT2D eigenvalue weighted by molar-refractivity contribution is 0.256. The molecule has 2 aliphatic rings. The predicted octanol–water partition coefficient (Wildman–Crippen LogP) is 3.43. The third-order valence-electron chi connectivity index (χ3n) is 5.67. The van der Waals surface area contributed by atoms with Crippen molar-refractivity contribution in [3.05, 3.63) is 23.8 Å². The van der Waals surface area contributed by atoms with Gasteiger partial charge >= 0.3 is 0 Å². The summed E-state index contributed by atoms with van der Waals surface area (Å²) in [5.74, 6) is 2.53. The fourth-order valence-electron chi connectivity index (χ4n) is 4.11. The summed E-state index contributed by atoms with van der Waals surface area (Å²) in [6, 6.07) is 8.20. The Morgan fingerprint density at radius 3 is 2.72 bits per heavy atom. The van der Waals surface area contributed by atoms with Gasteiger partial charge in [-0.2, -0.15) is 0 Å². The quantitative estimate of drug-likeness (QED) is 0.228. The SMILES string of the molecule is CCOc1cc(CCCNC(=NC)NC2CC(C)N(C3CC3)C2)ccc1OC.I. The van der Waals surface area contributed by atoms with Crippen LogP contribution in [0.3, 0.4) is 0 Å². The molecule has 0 amide bonds. The molecule has 2 fully saturated rings. The molecule has 2 atom stereocenters. The number of hydrogen-bond donors (Lipinski definition) is 2. The van der Waals surface area contributed by atoms with Crippen LogP contribution in [0.15, 0.2) is 23.2 Å². The zero-order chi connectivity index (χ0) is 19.9. The number of likely N-dealkylation sites (tertiary alicyclic amines) is 1. The van der Waals surface area contributed by atoms with Gasteiger partial charge in [0.1, 0.15) is 0 Å². The second kappa shape index (κ2) is 11.8. The number of nitrogens with one attached hydrogen (secondary N) is 2. The Balaban J connectivity index is 0.00000300. The Morgan fingerprint density at radius 1 is 1.28 bits per heavy atom. The summed E-state index contributed by atoms with van der Waals surface area (Å²) >= 11 is 0. The number of nitrogens with zero attached hydrogens (tertiary/aromatic N) is 2. The van der Waals surface area contributed by atoms with Crippen LogP contribution in [0, 0.1) is 0 Å². The van der Waals surface area contributed by atoms with Gasteiger partial charge in [-0.25, -0.2) is 0 Å². The Bertz CT molecular complexity index is 666. The van der Waals surface area contributed by atoms with Crippen LogP contribution in [0.5, 0.6) is 11.5 Å². The van der Waals surface area contributed by atoms with Crippen molar-refractivity contribution in [1.82, 2.24) is 15.5 Å². The van der Waals surface area contributed by atoms with E-state index in [1.54, 1.807) is 7.11 Å². The minimum Gasteiger partial charge on any atom is -0.493 e. The number of rotatable bonds is 9. The molecule has 0 bridgehead atoms. The molecule has 7 heteroatoms. The third-order valence-corrected chi connectivity index (χ3v) is 5.67. The number of benzene rings is 1. The van der Waals surface area contributed by atoms with Crippen LogP contribution in [0.2, 0.25) is 0 Å². The van der Waals surface area contributed by atoms with Gasteiger partial charge in [-0.15, -0.1) is 24.0 Å². The molecule has 1 aliphatic heterocycles. The number of guanidine groups is 1. The summed E-state index contributed by atoms with van der Waals surface area (Å²) in [5.41, 5.74) is 1.26. The van der Waals surface area contributed by atoms with Crippen LogP contribution in [0.1, 0.15) is 45.1 Å². The summed E-state index contributed by atoms with van der Waals surface area (Å²) in [4.78, 5) is 7.06. The minimum absolute atomic E-state index is 0. The van der Waals surface area contributed by atoms with Crippen molar-refractivity contribution in [2.45, 2.75) is 64.1 Å². The molecule has 29 heavy (non-hydrogen) atoms. The Hall–Kier alpha value is -1.22. The Labute approximate surface area is 192 Å². The van der Waals surface area contributed by atoms with Crippen LogP contribution in [-0.4, -0.2) is 62.8 Å². The largest absolute Gasteiger partial charge is 0.493 e. The molecule has 0 spiro atoms. The molecule has 0 radical (unpaired) electrons. The van der Waals surface area contributed by atoms with E-state index in [1.807, 2.05) is 20.0 Å². The standard InChI is InChI=1S/C22H36N4O2.HI/c1-5-28-21-14-17(8-11-20(21)27-4)7-6-12-24-22(23-3)25-18-13-16(2)26(15-18)19-9-10-19;/h8,11,14,16,18-19H,5-7,9-10,12-13,15H2,1-4H3,(H2,23,24,25);1H. The van der Waals surface area contributed by atoms with Gasteiger partial charge in [0.2, 0.25) is 0 Å². The van der Waals surface area contributed by atoms with Crippen molar-refractivity contribution in [3.8, 4) is 11.5 Å². The average molecular weight is 516 g/mol. The number of aliphatic imine (C=N–C) groups is 1. The highest BCUT2D eigenvalue weighted by Gasteiger charge is 2.38. The van der Waals surface area contributed by atoms with Crippen molar-refractivity contribution in [2.75, 3.05) is 33.9 Å². The second-order valence-electron chi connectivity index (χ2n) is 7.87. The first-order valence-electron chi connectivity index (χ1n) is 10.7. The number of halogens is 1. The maximum Gasteiger partial charge on any atom is 0.191 e. The molecular weight excluding hydrogens is 479 g/mol. The molecule has 164 valence electrons. The summed E-state index contributed by atoms with van der Waals surface area (Å²) in [6.45, 7) is 7.01. The summed E-state index contributed by atoms with van der Waals surface area (Å²) in [7, 11) is 3.53. The second-order valence-corrected chi connectivity index (χ2v) is 7.87. The highest BCUT2D eigenvalue weighted by atomic mass is 127. The topological polar surface area (TPSA) is 58.1 Å². The van der Waals surface area contributed by atoms with Gasteiger partial charge in [0.25, 0.3) is 0 Å². The summed E-state index contributed by atoms with van der Waals surface area (Å²) in [5, 5.41) is 7.08. The van der Waals surface area contributed by atoms with E-state index in [1.165, 1.54) is 24.8 Å². The van der Waals surface area contributed by atoms with Gasteiger partial charge < -0.3 is 20.1 Å².